The number of ether oxygens (including phenoxy) is 2. The normalized spacial score (nSPS) is 14.3. The van der Waals surface area contributed by atoms with Crippen molar-refractivity contribution in [2.45, 2.75) is 44.6 Å². The fourth-order valence-corrected chi connectivity index (χ4v) is 6.59. The van der Waals surface area contributed by atoms with Gasteiger partial charge in [-0.3, -0.25) is 9.48 Å². The average Bonchev–Trinajstić information content (AvgIpc) is 3.32. The van der Waals surface area contributed by atoms with E-state index in [4.69, 9.17) is 32.7 Å². The van der Waals surface area contributed by atoms with Gasteiger partial charge in [0.05, 0.1) is 47.3 Å². The quantitative estimate of drug-likeness (QED) is 0.341. The Balaban J connectivity index is 1.50. The van der Waals surface area contributed by atoms with Crippen LogP contribution in [-0.4, -0.2) is 54.7 Å². The third-order valence-electron chi connectivity index (χ3n) is 6.04. The van der Waals surface area contributed by atoms with Gasteiger partial charge < -0.3 is 14.8 Å². The molecule has 1 aliphatic rings. The maximum Gasteiger partial charge on any atom is 0.257 e. The Kier molecular flexibility index (Phi) is 9.19. The standard InChI is InChI=1S/C26H30Cl2N4O5S/c1-3-36-23-9-8-18(12-24(23)37-4-2)16-31-17-19(15-29-31)30-26(33)20-13-25(22(28)14-21(20)27)38(34,35)32-10-6-5-7-11-32/h8-9,12-15,17H,3-7,10-11,16H2,1-2H3,(H,30,33). The van der Waals surface area contributed by atoms with Gasteiger partial charge in [0.1, 0.15) is 4.90 Å². The number of hydrogen-bond donors (Lipinski definition) is 1. The van der Waals surface area contributed by atoms with Crippen molar-refractivity contribution in [2.75, 3.05) is 31.6 Å². The van der Waals surface area contributed by atoms with Crippen LogP contribution in [-0.2, 0) is 16.6 Å². The molecule has 0 unspecified atom stereocenters. The first-order chi connectivity index (χ1) is 18.2. The highest BCUT2D eigenvalue weighted by atomic mass is 35.5. The molecule has 1 N–H and O–H groups in total. The number of aromatic nitrogens is 2. The lowest BCUT2D eigenvalue weighted by Gasteiger charge is -2.26. The molecule has 1 saturated heterocycles. The molecule has 12 heteroatoms. The molecule has 0 aliphatic carbocycles. The second-order valence-electron chi connectivity index (χ2n) is 8.76. The van der Waals surface area contributed by atoms with Crippen molar-refractivity contribution in [3.05, 3.63) is 63.9 Å². The first kappa shape index (κ1) is 28.2. The number of carbonyl (C=O) groups excluding carboxylic acids is 1. The molecule has 0 bridgehead atoms. The number of benzene rings is 2. The van der Waals surface area contributed by atoms with Crippen LogP contribution in [0.1, 0.15) is 49.0 Å². The predicted molar refractivity (Wildman–Crippen MR) is 147 cm³/mol. The minimum atomic E-state index is -3.86. The van der Waals surface area contributed by atoms with Gasteiger partial charge >= 0.3 is 0 Å². The molecule has 4 rings (SSSR count). The van der Waals surface area contributed by atoms with Crippen LogP contribution >= 0.6 is 23.2 Å². The zero-order valence-electron chi connectivity index (χ0n) is 21.2. The summed E-state index contributed by atoms with van der Waals surface area (Å²) in [6.07, 6.45) is 5.72. The summed E-state index contributed by atoms with van der Waals surface area (Å²) in [5.74, 6) is 0.759. The molecule has 38 heavy (non-hydrogen) atoms. The Bertz CT molecular complexity index is 1400. The smallest absolute Gasteiger partial charge is 0.257 e. The summed E-state index contributed by atoms with van der Waals surface area (Å²) in [5, 5.41) is 7.09. The van der Waals surface area contributed by atoms with Crippen LogP contribution in [0.4, 0.5) is 5.69 Å². The summed E-state index contributed by atoms with van der Waals surface area (Å²) < 4.78 is 40.7. The third kappa shape index (κ3) is 6.43. The van der Waals surface area contributed by atoms with E-state index in [9.17, 15) is 13.2 Å². The van der Waals surface area contributed by atoms with Gasteiger partial charge in [-0.2, -0.15) is 9.40 Å². The molecule has 0 radical (unpaired) electrons. The second-order valence-corrected chi connectivity index (χ2v) is 11.5. The number of nitrogens with one attached hydrogen (secondary N) is 1. The maximum atomic E-state index is 13.2. The number of nitrogens with zero attached hydrogens (tertiary/aromatic N) is 3. The first-order valence-electron chi connectivity index (χ1n) is 12.4. The van der Waals surface area contributed by atoms with Gasteiger partial charge in [-0.15, -0.1) is 0 Å². The fourth-order valence-electron chi connectivity index (χ4n) is 4.24. The number of piperidine rings is 1. The highest BCUT2D eigenvalue weighted by molar-refractivity contribution is 7.89. The molecule has 1 fully saturated rings. The van der Waals surface area contributed by atoms with Crippen molar-refractivity contribution >= 4 is 44.8 Å². The number of sulfonamides is 1. The number of halogens is 2. The van der Waals surface area contributed by atoms with Gasteiger partial charge in [0, 0.05) is 19.3 Å². The van der Waals surface area contributed by atoms with E-state index in [1.807, 2.05) is 32.0 Å². The van der Waals surface area contributed by atoms with Crippen LogP contribution in [0, 0.1) is 0 Å². The highest BCUT2D eigenvalue weighted by Gasteiger charge is 2.30. The van der Waals surface area contributed by atoms with Crippen molar-refractivity contribution in [2.24, 2.45) is 0 Å². The Labute approximate surface area is 232 Å². The highest BCUT2D eigenvalue weighted by Crippen LogP contribution is 2.32. The topological polar surface area (TPSA) is 103 Å². The average molecular weight is 582 g/mol. The van der Waals surface area contributed by atoms with E-state index in [1.165, 1.54) is 22.6 Å². The molecule has 1 amide bonds. The van der Waals surface area contributed by atoms with Crippen molar-refractivity contribution in [3.8, 4) is 11.5 Å². The predicted octanol–water partition coefficient (Wildman–Crippen LogP) is 5.46. The van der Waals surface area contributed by atoms with E-state index in [2.05, 4.69) is 10.4 Å². The molecule has 0 atom stereocenters. The molecule has 204 valence electrons. The number of rotatable bonds is 10. The van der Waals surface area contributed by atoms with Gasteiger partial charge in [-0.25, -0.2) is 8.42 Å². The van der Waals surface area contributed by atoms with Crippen molar-refractivity contribution in [3.63, 3.8) is 0 Å². The van der Waals surface area contributed by atoms with Crippen molar-refractivity contribution in [1.82, 2.24) is 14.1 Å². The Hall–Kier alpha value is -2.79. The minimum absolute atomic E-state index is 0.00673. The lowest BCUT2D eigenvalue weighted by atomic mass is 10.2. The first-order valence-corrected chi connectivity index (χ1v) is 14.6. The van der Waals surface area contributed by atoms with Crippen molar-refractivity contribution < 1.29 is 22.7 Å². The number of amides is 1. The summed E-state index contributed by atoms with van der Waals surface area (Å²) in [5.41, 5.74) is 1.37. The van der Waals surface area contributed by atoms with E-state index < -0.39 is 15.9 Å². The monoisotopic (exact) mass is 580 g/mol. The largest absolute Gasteiger partial charge is 0.490 e. The van der Waals surface area contributed by atoms with Crippen molar-refractivity contribution in [1.29, 1.82) is 0 Å². The van der Waals surface area contributed by atoms with E-state index in [0.717, 1.165) is 24.8 Å². The number of anilines is 1. The van der Waals surface area contributed by atoms with Crippen LogP contribution in [0.3, 0.4) is 0 Å². The summed E-state index contributed by atoms with van der Waals surface area (Å²) in [6, 6.07) is 8.20. The fraction of sp³-hybridized carbons (Fsp3) is 0.385. The Morgan fingerprint density at radius 1 is 1.00 bits per heavy atom. The van der Waals surface area contributed by atoms with Gasteiger partial charge in [-0.1, -0.05) is 35.7 Å². The molecule has 3 aromatic rings. The molecular weight excluding hydrogens is 551 g/mol. The molecule has 1 aliphatic heterocycles. The molecule has 1 aromatic heterocycles. The molecular formula is C26H30Cl2N4O5S. The van der Waals surface area contributed by atoms with Crippen LogP contribution in [0.2, 0.25) is 10.0 Å². The summed E-state index contributed by atoms with van der Waals surface area (Å²) in [7, 11) is -3.86. The van der Waals surface area contributed by atoms with Gasteiger partial charge in [-0.05, 0) is 56.5 Å². The molecule has 0 spiro atoms. The maximum absolute atomic E-state index is 13.2. The molecule has 9 nitrogen and oxygen atoms in total. The number of hydrogen-bond acceptors (Lipinski definition) is 6. The van der Waals surface area contributed by atoms with Crippen LogP contribution in [0.5, 0.6) is 11.5 Å². The zero-order valence-corrected chi connectivity index (χ0v) is 23.6. The Morgan fingerprint density at radius 3 is 2.42 bits per heavy atom. The van der Waals surface area contributed by atoms with Gasteiger partial charge in [0.15, 0.2) is 11.5 Å². The molecule has 2 heterocycles. The molecule has 2 aromatic carbocycles. The van der Waals surface area contributed by atoms with Crippen LogP contribution in [0.15, 0.2) is 47.6 Å². The number of carbonyl (C=O) groups is 1. The lowest BCUT2D eigenvalue weighted by Crippen LogP contribution is -2.35. The SMILES string of the molecule is CCOc1ccc(Cn2cc(NC(=O)c3cc(S(=O)(=O)N4CCCCC4)c(Cl)cc3Cl)cn2)cc1OCC. The van der Waals surface area contributed by atoms with E-state index in [0.29, 0.717) is 50.0 Å². The lowest BCUT2D eigenvalue weighted by molar-refractivity contribution is 0.102. The zero-order chi connectivity index (χ0) is 27.3. The van der Waals surface area contributed by atoms with Crippen LogP contribution < -0.4 is 14.8 Å². The van der Waals surface area contributed by atoms with Crippen LogP contribution in [0.25, 0.3) is 0 Å². The Morgan fingerprint density at radius 2 is 1.71 bits per heavy atom. The summed E-state index contributed by atoms with van der Waals surface area (Å²) in [6.45, 7) is 6.13. The van der Waals surface area contributed by atoms with E-state index >= 15 is 0 Å². The van der Waals surface area contributed by atoms with Gasteiger partial charge in [0.25, 0.3) is 5.91 Å². The summed E-state index contributed by atoms with van der Waals surface area (Å²) >= 11 is 12.5. The van der Waals surface area contributed by atoms with Gasteiger partial charge in [0.2, 0.25) is 10.0 Å². The summed E-state index contributed by atoms with van der Waals surface area (Å²) in [4.78, 5) is 12.9. The second kappa shape index (κ2) is 12.4. The molecule has 0 saturated carbocycles. The van der Waals surface area contributed by atoms with E-state index in [1.54, 1.807) is 10.9 Å². The third-order valence-corrected chi connectivity index (χ3v) is 8.72. The van der Waals surface area contributed by atoms with E-state index in [-0.39, 0.29) is 20.5 Å². The minimum Gasteiger partial charge on any atom is -0.490 e.